The van der Waals surface area contributed by atoms with Crippen LogP contribution in [-0.4, -0.2) is 49.7 Å². The average Bonchev–Trinajstić information content (AvgIpc) is 3.01. The monoisotopic (exact) mass is 329 g/mol. The summed E-state index contributed by atoms with van der Waals surface area (Å²) in [6, 6.07) is 3.13. The highest BCUT2D eigenvalue weighted by Gasteiger charge is 2.45. The lowest BCUT2D eigenvalue weighted by Crippen LogP contribution is -2.52. The number of carbonyl (C=O) groups excluding carboxylic acids is 1. The fourth-order valence-corrected chi connectivity index (χ4v) is 3.03. The van der Waals surface area contributed by atoms with Crippen LogP contribution >= 0.6 is 0 Å². The van der Waals surface area contributed by atoms with Crippen LogP contribution in [0.2, 0.25) is 0 Å². The van der Waals surface area contributed by atoms with Gasteiger partial charge in [-0.15, -0.1) is 0 Å². The van der Waals surface area contributed by atoms with E-state index in [9.17, 15) is 14.7 Å². The van der Waals surface area contributed by atoms with Crippen molar-refractivity contribution in [3.8, 4) is 0 Å². The van der Waals surface area contributed by atoms with Crippen LogP contribution in [0, 0.1) is 6.92 Å². The molecule has 0 unspecified atom stereocenters. The fraction of sp³-hybridized carbons (Fsp3) is 0.375. The molecule has 0 aromatic carbocycles. The number of carboxylic acid groups (broad SMARTS) is 1. The Morgan fingerprint density at radius 1 is 1.33 bits per heavy atom. The first-order chi connectivity index (χ1) is 11.4. The van der Waals surface area contributed by atoms with E-state index < -0.39 is 11.5 Å². The number of carbonyl (C=O) groups is 2. The molecule has 0 radical (unpaired) electrons. The largest absolute Gasteiger partial charge is 0.479 e. The molecule has 0 spiro atoms. The van der Waals surface area contributed by atoms with Crippen LogP contribution in [0.3, 0.4) is 0 Å². The molecular formula is C16H19N5O3. The van der Waals surface area contributed by atoms with Gasteiger partial charge in [-0.3, -0.25) is 9.48 Å². The molecule has 24 heavy (non-hydrogen) atoms. The van der Waals surface area contributed by atoms with Crippen molar-refractivity contribution in [1.82, 2.24) is 19.7 Å². The summed E-state index contributed by atoms with van der Waals surface area (Å²) in [5, 5.41) is 13.9. The Hall–Kier alpha value is -2.90. The molecule has 2 aromatic heterocycles. The van der Waals surface area contributed by atoms with Crippen LogP contribution in [0.25, 0.3) is 0 Å². The molecule has 1 aliphatic heterocycles. The number of anilines is 1. The molecule has 3 rings (SSSR count). The Morgan fingerprint density at radius 2 is 2.04 bits per heavy atom. The predicted molar refractivity (Wildman–Crippen MR) is 86.4 cm³/mol. The highest BCUT2D eigenvalue weighted by atomic mass is 16.4. The second kappa shape index (κ2) is 5.95. The van der Waals surface area contributed by atoms with Crippen molar-refractivity contribution in [1.29, 1.82) is 0 Å². The summed E-state index contributed by atoms with van der Waals surface area (Å²) < 4.78 is 1.51. The Bertz CT molecular complexity index is 778. The van der Waals surface area contributed by atoms with Crippen LogP contribution in [0.4, 0.5) is 5.82 Å². The van der Waals surface area contributed by atoms with E-state index in [1.807, 2.05) is 6.92 Å². The van der Waals surface area contributed by atoms with E-state index in [-0.39, 0.29) is 11.7 Å². The first-order valence-corrected chi connectivity index (χ1v) is 7.68. The van der Waals surface area contributed by atoms with Crippen molar-refractivity contribution in [3.05, 3.63) is 41.9 Å². The summed E-state index contributed by atoms with van der Waals surface area (Å²) in [4.78, 5) is 30.0. The van der Waals surface area contributed by atoms with Crippen molar-refractivity contribution >= 4 is 17.7 Å². The van der Waals surface area contributed by atoms with Gasteiger partial charge in [0.05, 0.1) is 6.20 Å². The van der Waals surface area contributed by atoms with E-state index in [2.05, 4.69) is 10.1 Å². The number of nitrogen functional groups attached to an aromatic ring is 1. The standard InChI is InChI=1S/C16H19N5O3/c1-11-9-19-21(10-11)16(15(23)24)3-6-20(7-4-16)14(22)12-2-5-18-13(17)8-12/h2,5,8-10H,3-4,6-7H2,1H3,(H2,17,18)(H,23,24). The van der Waals surface area contributed by atoms with Gasteiger partial charge in [-0.25, -0.2) is 9.78 Å². The second-order valence-electron chi connectivity index (χ2n) is 6.06. The molecule has 0 bridgehead atoms. The van der Waals surface area contributed by atoms with Crippen LogP contribution in [0.15, 0.2) is 30.7 Å². The van der Waals surface area contributed by atoms with Gasteiger partial charge in [-0.2, -0.15) is 5.10 Å². The number of piperidine rings is 1. The van der Waals surface area contributed by atoms with Gasteiger partial charge in [-0.1, -0.05) is 0 Å². The number of aromatic nitrogens is 3. The van der Waals surface area contributed by atoms with Gasteiger partial charge in [0, 0.05) is 43.9 Å². The summed E-state index contributed by atoms with van der Waals surface area (Å²) in [6.07, 6.45) is 5.46. The van der Waals surface area contributed by atoms with Gasteiger partial charge in [-0.05, 0) is 24.6 Å². The molecule has 8 heteroatoms. The Labute approximate surface area is 138 Å². The van der Waals surface area contributed by atoms with E-state index in [1.165, 1.54) is 16.9 Å². The first-order valence-electron chi connectivity index (χ1n) is 7.68. The summed E-state index contributed by atoms with van der Waals surface area (Å²) >= 11 is 0. The maximum atomic E-state index is 12.5. The number of nitrogens with two attached hydrogens (primary N) is 1. The summed E-state index contributed by atoms with van der Waals surface area (Å²) in [6.45, 7) is 2.55. The number of nitrogens with zero attached hydrogens (tertiary/aromatic N) is 4. The zero-order chi connectivity index (χ0) is 17.3. The third kappa shape index (κ3) is 2.70. The number of hydrogen-bond donors (Lipinski definition) is 2. The molecule has 1 aliphatic rings. The van der Waals surface area contributed by atoms with E-state index >= 15 is 0 Å². The molecule has 2 aromatic rings. The summed E-state index contributed by atoms with van der Waals surface area (Å²) in [5.74, 6) is -0.810. The molecule has 126 valence electrons. The van der Waals surface area contributed by atoms with E-state index in [0.29, 0.717) is 31.5 Å². The van der Waals surface area contributed by atoms with Gasteiger partial charge in [0.25, 0.3) is 5.91 Å². The number of pyridine rings is 1. The molecule has 3 N–H and O–H groups in total. The molecular weight excluding hydrogens is 310 g/mol. The predicted octanol–water partition coefficient (Wildman–Crippen LogP) is 0.885. The van der Waals surface area contributed by atoms with Gasteiger partial charge in [0.1, 0.15) is 5.82 Å². The maximum Gasteiger partial charge on any atom is 0.331 e. The van der Waals surface area contributed by atoms with Crippen molar-refractivity contribution < 1.29 is 14.7 Å². The van der Waals surface area contributed by atoms with Crippen LogP contribution in [-0.2, 0) is 10.3 Å². The van der Waals surface area contributed by atoms with E-state index in [1.54, 1.807) is 23.4 Å². The topological polar surface area (TPSA) is 114 Å². The molecule has 0 aliphatic carbocycles. The number of aryl methyl sites for hydroxylation is 1. The molecule has 0 atom stereocenters. The van der Waals surface area contributed by atoms with E-state index in [4.69, 9.17) is 5.73 Å². The van der Waals surface area contributed by atoms with Gasteiger partial charge < -0.3 is 15.7 Å². The number of rotatable bonds is 3. The highest BCUT2D eigenvalue weighted by Crippen LogP contribution is 2.31. The number of aliphatic carboxylic acids is 1. The third-order valence-electron chi connectivity index (χ3n) is 4.45. The molecule has 1 amide bonds. The van der Waals surface area contributed by atoms with Crippen molar-refractivity contribution in [3.63, 3.8) is 0 Å². The second-order valence-corrected chi connectivity index (χ2v) is 6.06. The SMILES string of the molecule is Cc1cnn(C2(C(=O)O)CCN(C(=O)c3ccnc(N)c3)CC2)c1. The molecule has 3 heterocycles. The number of carboxylic acids is 1. The van der Waals surface area contributed by atoms with Crippen LogP contribution in [0.1, 0.15) is 28.8 Å². The summed E-state index contributed by atoms with van der Waals surface area (Å²) in [7, 11) is 0. The van der Waals surface area contributed by atoms with E-state index in [0.717, 1.165) is 5.56 Å². The molecule has 1 fully saturated rings. The van der Waals surface area contributed by atoms with Gasteiger partial charge in [0.2, 0.25) is 0 Å². The average molecular weight is 329 g/mol. The Morgan fingerprint density at radius 3 is 2.58 bits per heavy atom. The maximum absolute atomic E-state index is 12.5. The van der Waals surface area contributed by atoms with Crippen LogP contribution in [0.5, 0.6) is 0 Å². The zero-order valence-electron chi connectivity index (χ0n) is 13.3. The molecule has 8 nitrogen and oxygen atoms in total. The van der Waals surface area contributed by atoms with Crippen molar-refractivity contribution in [2.75, 3.05) is 18.8 Å². The molecule has 0 saturated carbocycles. The normalized spacial score (nSPS) is 16.8. The van der Waals surface area contributed by atoms with Crippen molar-refractivity contribution in [2.45, 2.75) is 25.3 Å². The Kier molecular flexibility index (Phi) is 3.96. The van der Waals surface area contributed by atoms with Crippen LogP contribution < -0.4 is 5.73 Å². The minimum absolute atomic E-state index is 0.167. The lowest BCUT2D eigenvalue weighted by Gasteiger charge is -2.39. The number of likely N-dealkylation sites (tertiary alicyclic amines) is 1. The quantitative estimate of drug-likeness (QED) is 0.864. The zero-order valence-corrected chi connectivity index (χ0v) is 13.3. The minimum atomic E-state index is -1.11. The summed E-state index contributed by atoms with van der Waals surface area (Å²) in [5.41, 5.74) is 5.87. The smallest absolute Gasteiger partial charge is 0.331 e. The number of amides is 1. The third-order valence-corrected chi connectivity index (χ3v) is 4.45. The fourth-order valence-electron chi connectivity index (χ4n) is 3.03. The van der Waals surface area contributed by atoms with Gasteiger partial charge >= 0.3 is 5.97 Å². The lowest BCUT2D eigenvalue weighted by molar-refractivity contribution is -0.150. The first kappa shape index (κ1) is 16.0. The minimum Gasteiger partial charge on any atom is -0.479 e. The lowest BCUT2D eigenvalue weighted by atomic mass is 9.87. The van der Waals surface area contributed by atoms with Crippen molar-refractivity contribution in [2.24, 2.45) is 0 Å². The Balaban J connectivity index is 1.78. The number of hydrogen-bond acceptors (Lipinski definition) is 5. The molecule has 1 saturated heterocycles. The highest BCUT2D eigenvalue weighted by molar-refractivity contribution is 5.95. The van der Waals surface area contributed by atoms with Gasteiger partial charge in [0.15, 0.2) is 5.54 Å².